The number of nitrogens with two attached hydrogens (primary N) is 1. The van der Waals surface area contributed by atoms with E-state index in [1.165, 1.54) is 17.8 Å². The third-order valence-corrected chi connectivity index (χ3v) is 4.54. The summed E-state index contributed by atoms with van der Waals surface area (Å²) in [5, 5.41) is 9.07. The van der Waals surface area contributed by atoms with Gasteiger partial charge in [0.25, 0.3) is 5.92 Å². The number of carbonyl (C=O) groups is 1. The standard InChI is InChI=1S/C16H22F5N5O.C6H13NO2/c1-14(2,16(19,20)21)27-4-3-12-8-26-13(25-12)5-11(7-24-26)6-23-10-15(17,18)9-22;1-6(2,3)9-5(8)7-4/h5,7-8,23H,3-4,6,9-10,22H2,1-2H3;1-4H3,(H,7,8). The highest BCUT2D eigenvalue weighted by molar-refractivity contribution is 5.67. The van der Waals surface area contributed by atoms with Crippen LogP contribution in [-0.2, 0) is 22.4 Å². The Morgan fingerprint density at radius 2 is 1.78 bits per heavy atom. The van der Waals surface area contributed by atoms with Crippen LogP contribution in [0.2, 0.25) is 0 Å². The molecule has 0 bridgehead atoms. The third kappa shape index (κ3) is 11.0. The van der Waals surface area contributed by atoms with E-state index in [4.69, 9.17) is 15.2 Å². The van der Waals surface area contributed by atoms with Gasteiger partial charge in [-0.2, -0.15) is 18.3 Å². The highest BCUT2D eigenvalue weighted by Crippen LogP contribution is 2.32. The highest BCUT2D eigenvalue weighted by atomic mass is 19.4. The number of alkyl carbamates (subject to hydrolysis) is 1. The lowest BCUT2D eigenvalue weighted by atomic mass is 10.1. The molecule has 0 fully saturated rings. The van der Waals surface area contributed by atoms with Crippen LogP contribution in [0.5, 0.6) is 0 Å². The van der Waals surface area contributed by atoms with Crippen LogP contribution in [0, 0.1) is 0 Å². The van der Waals surface area contributed by atoms with Crippen LogP contribution in [0.15, 0.2) is 18.5 Å². The van der Waals surface area contributed by atoms with Crippen molar-refractivity contribution in [2.24, 2.45) is 5.73 Å². The molecule has 2 aromatic heterocycles. The predicted octanol–water partition coefficient (Wildman–Crippen LogP) is 3.45. The summed E-state index contributed by atoms with van der Waals surface area (Å²) in [7, 11) is 1.54. The number of hydrogen-bond acceptors (Lipinski definition) is 7. The van der Waals surface area contributed by atoms with Gasteiger partial charge in [-0.3, -0.25) is 0 Å². The summed E-state index contributed by atoms with van der Waals surface area (Å²) in [4.78, 5) is 14.8. The molecule has 0 saturated heterocycles. The van der Waals surface area contributed by atoms with Crippen LogP contribution in [0.1, 0.15) is 45.9 Å². The summed E-state index contributed by atoms with van der Waals surface area (Å²) >= 11 is 0. The van der Waals surface area contributed by atoms with Crippen LogP contribution < -0.4 is 16.4 Å². The summed E-state index contributed by atoms with van der Waals surface area (Å²) in [6.45, 7) is 6.10. The maximum atomic E-state index is 13.1. The number of aromatic nitrogens is 3. The normalized spacial score (nSPS) is 12.8. The molecule has 0 aliphatic carbocycles. The Bertz CT molecular complexity index is 973. The van der Waals surface area contributed by atoms with Gasteiger partial charge in [0.15, 0.2) is 11.2 Å². The second-order valence-electron chi connectivity index (χ2n) is 9.42. The van der Waals surface area contributed by atoms with Crippen molar-refractivity contribution in [2.75, 3.05) is 26.7 Å². The maximum absolute atomic E-state index is 13.1. The number of amides is 1. The minimum Gasteiger partial charge on any atom is -0.444 e. The van der Waals surface area contributed by atoms with E-state index in [9.17, 15) is 26.7 Å². The molecule has 36 heavy (non-hydrogen) atoms. The average Bonchev–Trinajstić information content (AvgIpc) is 3.14. The number of alkyl halides is 5. The molecule has 2 heterocycles. The summed E-state index contributed by atoms with van der Waals surface area (Å²) < 4.78 is 75.7. The molecule has 0 saturated carbocycles. The van der Waals surface area contributed by atoms with E-state index < -0.39 is 30.8 Å². The summed E-state index contributed by atoms with van der Waals surface area (Å²) in [6, 6.07) is 1.66. The number of nitrogens with one attached hydrogen (secondary N) is 2. The Morgan fingerprint density at radius 3 is 2.28 bits per heavy atom. The first-order valence-corrected chi connectivity index (χ1v) is 11.1. The number of fused-ring (bicyclic) bond motifs is 1. The first-order valence-electron chi connectivity index (χ1n) is 11.1. The Hall–Kier alpha value is -2.58. The van der Waals surface area contributed by atoms with Gasteiger partial charge < -0.3 is 25.8 Å². The van der Waals surface area contributed by atoms with Gasteiger partial charge in [-0.25, -0.2) is 23.1 Å². The van der Waals surface area contributed by atoms with E-state index in [0.717, 1.165) is 13.8 Å². The number of rotatable bonds is 9. The van der Waals surface area contributed by atoms with E-state index in [0.29, 0.717) is 16.9 Å². The summed E-state index contributed by atoms with van der Waals surface area (Å²) in [6.07, 6.45) is -1.59. The minimum absolute atomic E-state index is 0.154. The van der Waals surface area contributed by atoms with Gasteiger partial charge in [0.05, 0.1) is 37.8 Å². The van der Waals surface area contributed by atoms with Crippen LogP contribution in [0.25, 0.3) is 5.65 Å². The Morgan fingerprint density at radius 1 is 1.14 bits per heavy atom. The summed E-state index contributed by atoms with van der Waals surface area (Å²) in [5.41, 5.74) is 3.95. The molecule has 2 aromatic rings. The average molecular weight is 527 g/mol. The first-order chi connectivity index (χ1) is 16.4. The fraction of sp³-hybridized carbons (Fsp3) is 0.682. The molecule has 206 valence electrons. The number of ether oxygens (including phenoxy) is 2. The van der Waals surface area contributed by atoms with E-state index >= 15 is 0 Å². The quantitative estimate of drug-likeness (QED) is 0.429. The molecule has 0 aliphatic rings. The van der Waals surface area contributed by atoms with Crippen LogP contribution >= 0.6 is 0 Å². The molecular formula is C22H35F5N6O3. The Kier molecular flexibility index (Phi) is 11.0. The van der Waals surface area contributed by atoms with Gasteiger partial charge in [0.1, 0.15) is 5.60 Å². The van der Waals surface area contributed by atoms with Crippen molar-refractivity contribution in [2.45, 2.75) is 70.9 Å². The van der Waals surface area contributed by atoms with Gasteiger partial charge in [0.2, 0.25) is 0 Å². The van der Waals surface area contributed by atoms with Crippen LogP contribution in [-0.4, -0.2) is 70.7 Å². The van der Waals surface area contributed by atoms with Gasteiger partial charge in [0, 0.05) is 20.0 Å². The van der Waals surface area contributed by atoms with Gasteiger partial charge in [-0.05, 0) is 46.2 Å². The number of imidazole rings is 1. The lowest BCUT2D eigenvalue weighted by molar-refractivity contribution is -0.263. The molecule has 1 amide bonds. The molecule has 0 aliphatic heterocycles. The fourth-order valence-electron chi connectivity index (χ4n) is 2.47. The molecule has 14 heteroatoms. The van der Waals surface area contributed by atoms with E-state index in [1.54, 1.807) is 12.3 Å². The predicted molar refractivity (Wildman–Crippen MR) is 124 cm³/mol. The molecule has 0 aromatic carbocycles. The van der Waals surface area contributed by atoms with Crippen LogP contribution in [0.4, 0.5) is 26.7 Å². The monoisotopic (exact) mass is 526 g/mol. The Labute approximate surface area is 206 Å². The van der Waals surface area contributed by atoms with Crippen LogP contribution in [0.3, 0.4) is 0 Å². The second-order valence-corrected chi connectivity index (χ2v) is 9.42. The number of hydrogen-bond donors (Lipinski definition) is 3. The zero-order valence-electron chi connectivity index (χ0n) is 21.3. The molecular weight excluding hydrogens is 491 g/mol. The third-order valence-electron chi connectivity index (χ3n) is 4.54. The zero-order valence-corrected chi connectivity index (χ0v) is 21.3. The van der Waals surface area contributed by atoms with Gasteiger partial charge in [-0.1, -0.05) is 0 Å². The van der Waals surface area contributed by atoms with Crippen molar-refractivity contribution in [1.82, 2.24) is 25.2 Å². The smallest absolute Gasteiger partial charge is 0.416 e. The molecule has 2 rings (SSSR count). The lowest BCUT2D eigenvalue weighted by Gasteiger charge is -2.27. The lowest BCUT2D eigenvalue weighted by Crippen LogP contribution is -2.42. The van der Waals surface area contributed by atoms with Crippen molar-refractivity contribution >= 4 is 11.7 Å². The van der Waals surface area contributed by atoms with Crippen molar-refractivity contribution in [3.63, 3.8) is 0 Å². The van der Waals surface area contributed by atoms with Gasteiger partial charge in [-0.15, -0.1) is 0 Å². The first kappa shape index (κ1) is 31.4. The molecule has 0 spiro atoms. The van der Waals surface area contributed by atoms with E-state index in [1.807, 2.05) is 20.8 Å². The Balaban J connectivity index is 0.000000613. The van der Waals surface area contributed by atoms with E-state index in [-0.39, 0.29) is 31.3 Å². The molecule has 9 nitrogen and oxygen atoms in total. The molecule has 0 radical (unpaired) electrons. The number of halogens is 5. The van der Waals surface area contributed by atoms with Gasteiger partial charge >= 0.3 is 12.3 Å². The second kappa shape index (κ2) is 12.6. The van der Waals surface area contributed by atoms with Crippen molar-refractivity contribution in [1.29, 1.82) is 0 Å². The highest BCUT2D eigenvalue weighted by Gasteiger charge is 2.48. The van der Waals surface area contributed by atoms with Crippen molar-refractivity contribution in [3.05, 3.63) is 29.7 Å². The topological polar surface area (TPSA) is 116 Å². The molecule has 0 atom stereocenters. The van der Waals surface area contributed by atoms with Crippen molar-refractivity contribution < 1.29 is 36.2 Å². The largest absolute Gasteiger partial charge is 0.444 e. The zero-order chi connectivity index (χ0) is 27.8. The maximum Gasteiger partial charge on any atom is 0.416 e. The minimum atomic E-state index is -4.46. The fourth-order valence-corrected chi connectivity index (χ4v) is 2.47. The number of carbonyl (C=O) groups excluding carboxylic acids is 1. The van der Waals surface area contributed by atoms with Crippen molar-refractivity contribution in [3.8, 4) is 0 Å². The van der Waals surface area contributed by atoms with E-state index in [2.05, 4.69) is 20.7 Å². The summed E-state index contributed by atoms with van der Waals surface area (Å²) in [5.74, 6) is -2.98. The SMILES string of the molecule is CC(C)(OCCc1cn2ncc(CNCC(F)(F)CN)cc2n1)C(F)(F)F.CNC(=O)OC(C)(C)C. The molecule has 0 unspecified atom stereocenters. The number of nitrogens with zero attached hydrogens (tertiary/aromatic N) is 3. The molecule has 4 N–H and O–H groups in total.